The topological polar surface area (TPSA) is 48.1 Å². The van der Waals surface area contributed by atoms with Gasteiger partial charge in [-0.2, -0.15) is 0 Å². The Morgan fingerprint density at radius 3 is 2.65 bits per heavy atom. The van der Waals surface area contributed by atoms with Crippen LogP contribution < -0.4 is 10.5 Å². The summed E-state index contributed by atoms with van der Waals surface area (Å²) in [6, 6.07) is 16.5. The zero-order chi connectivity index (χ0) is 18.1. The van der Waals surface area contributed by atoms with Gasteiger partial charge >= 0.3 is 0 Å². The lowest BCUT2D eigenvalue weighted by Crippen LogP contribution is -2.49. The Balaban J connectivity index is 1.64. The molecule has 0 radical (unpaired) electrons. The summed E-state index contributed by atoms with van der Waals surface area (Å²) in [7, 11) is 0. The van der Waals surface area contributed by atoms with Crippen LogP contribution in [0.5, 0.6) is 5.75 Å². The van der Waals surface area contributed by atoms with E-state index in [0.29, 0.717) is 0 Å². The van der Waals surface area contributed by atoms with E-state index in [-0.39, 0.29) is 11.9 Å². The molecule has 0 fully saturated rings. The maximum Gasteiger partial charge on any atom is 0.123 e. The number of fused-ring (bicyclic) bond motifs is 1. The summed E-state index contributed by atoms with van der Waals surface area (Å²) in [4.78, 5) is 4.36. The molecule has 1 unspecified atom stereocenters. The summed E-state index contributed by atoms with van der Waals surface area (Å²) >= 11 is 0. The van der Waals surface area contributed by atoms with Crippen molar-refractivity contribution in [3.05, 3.63) is 83.9 Å². The van der Waals surface area contributed by atoms with Gasteiger partial charge in [0.25, 0.3) is 0 Å². The Morgan fingerprint density at radius 1 is 1.08 bits per heavy atom. The summed E-state index contributed by atoms with van der Waals surface area (Å²) in [5.41, 5.74) is 9.98. The number of aromatic nitrogens is 1. The number of aryl methyl sites for hydroxylation is 1. The van der Waals surface area contributed by atoms with Crippen molar-refractivity contribution in [2.24, 2.45) is 5.73 Å². The first-order valence-corrected chi connectivity index (χ1v) is 8.79. The quantitative estimate of drug-likeness (QED) is 0.760. The number of nitrogens with two attached hydrogens (primary N) is 1. The van der Waals surface area contributed by atoms with Gasteiger partial charge in [0.2, 0.25) is 0 Å². The number of para-hydroxylation sites is 1. The molecule has 1 aromatic heterocycles. The predicted octanol–water partition coefficient (Wildman–Crippen LogP) is 4.46. The van der Waals surface area contributed by atoms with Gasteiger partial charge < -0.3 is 10.5 Å². The second kappa shape index (κ2) is 6.54. The fourth-order valence-corrected chi connectivity index (χ4v) is 3.47. The molecule has 26 heavy (non-hydrogen) atoms. The average molecular weight is 348 g/mol. The second-order valence-corrected chi connectivity index (χ2v) is 7.00. The van der Waals surface area contributed by atoms with Gasteiger partial charge in [-0.25, -0.2) is 4.39 Å². The van der Waals surface area contributed by atoms with E-state index in [0.717, 1.165) is 35.3 Å². The van der Waals surface area contributed by atoms with E-state index in [2.05, 4.69) is 11.1 Å². The van der Waals surface area contributed by atoms with E-state index in [4.69, 9.17) is 10.5 Å². The molecule has 1 aliphatic rings. The zero-order valence-corrected chi connectivity index (χ0v) is 14.7. The van der Waals surface area contributed by atoms with E-state index in [1.165, 1.54) is 17.7 Å². The van der Waals surface area contributed by atoms with Gasteiger partial charge in [0, 0.05) is 18.0 Å². The molecular formula is C22H21FN2O. The van der Waals surface area contributed by atoms with Crippen LogP contribution in [0.1, 0.15) is 24.5 Å². The van der Waals surface area contributed by atoms with Gasteiger partial charge in [-0.1, -0.05) is 30.3 Å². The molecule has 0 aliphatic carbocycles. The number of nitrogens with zero attached hydrogens (tertiary/aromatic N) is 1. The highest BCUT2D eigenvalue weighted by Gasteiger charge is 2.36. The maximum absolute atomic E-state index is 13.2. The molecule has 0 spiro atoms. The minimum absolute atomic E-state index is 0.136. The maximum atomic E-state index is 13.2. The number of benzene rings is 2. The van der Waals surface area contributed by atoms with Crippen LogP contribution in [0, 0.1) is 5.82 Å². The Hall–Kier alpha value is -2.72. The van der Waals surface area contributed by atoms with E-state index in [9.17, 15) is 4.39 Å². The molecule has 2 heterocycles. The van der Waals surface area contributed by atoms with Crippen LogP contribution in [-0.4, -0.2) is 11.1 Å². The highest BCUT2D eigenvalue weighted by Crippen LogP contribution is 2.35. The molecule has 0 bridgehead atoms. The number of hydrogen-bond donors (Lipinski definition) is 1. The highest BCUT2D eigenvalue weighted by atomic mass is 19.1. The lowest BCUT2D eigenvalue weighted by atomic mass is 9.83. The van der Waals surface area contributed by atoms with Gasteiger partial charge in [-0.3, -0.25) is 4.98 Å². The molecule has 0 amide bonds. The fraction of sp³-hybridized carbons (Fsp3) is 0.227. The first kappa shape index (κ1) is 16.7. The van der Waals surface area contributed by atoms with Crippen LogP contribution >= 0.6 is 0 Å². The van der Waals surface area contributed by atoms with Gasteiger partial charge in [-0.15, -0.1) is 0 Å². The van der Waals surface area contributed by atoms with Gasteiger partial charge in [0.1, 0.15) is 17.7 Å². The molecule has 4 rings (SSSR count). The first-order valence-electron chi connectivity index (χ1n) is 8.79. The summed E-state index contributed by atoms with van der Waals surface area (Å²) in [6.45, 7) is 1.98. The molecule has 3 nitrogen and oxygen atoms in total. The second-order valence-electron chi connectivity index (χ2n) is 7.00. The standard InChI is InChI=1S/C22H21FN2O/c1-22(24,21-11-8-16-4-2-3-5-20(16)26-21)18-12-17(13-25-14-18)15-6-9-19(23)10-7-15/h2-7,9-10,12-14,21H,8,11,24H2,1H3/t21-,22?/m1/s1. The van der Waals surface area contributed by atoms with Gasteiger partial charge in [0.05, 0.1) is 5.54 Å². The highest BCUT2D eigenvalue weighted by molar-refractivity contribution is 5.63. The number of hydrogen-bond acceptors (Lipinski definition) is 3. The van der Waals surface area contributed by atoms with Crippen molar-refractivity contribution in [1.82, 2.24) is 4.98 Å². The van der Waals surface area contributed by atoms with E-state index in [1.807, 2.05) is 31.2 Å². The van der Waals surface area contributed by atoms with E-state index < -0.39 is 5.54 Å². The Bertz CT molecular complexity index is 921. The SMILES string of the molecule is CC(N)(c1cncc(-c2ccc(F)cc2)c1)[C@H]1CCc2ccccc2O1. The molecule has 0 saturated heterocycles. The van der Waals surface area contributed by atoms with Crippen molar-refractivity contribution in [3.8, 4) is 16.9 Å². The van der Waals surface area contributed by atoms with Crippen LogP contribution in [0.25, 0.3) is 11.1 Å². The van der Waals surface area contributed by atoms with Crippen LogP contribution in [0.4, 0.5) is 4.39 Å². The molecule has 2 N–H and O–H groups in total. The number of rotatable bonds is 3. The lowest BCUT2D eigenvalue weighted by molar-refractivity contribution is 0.0958. The van der Waals surface area contributed by atoms with Crippen LogP contribution in [0.3, 0.4) is 0 Å². The normalized spacial score (nSPS) is 18.5. The van der Waals surface area contributed by atoms with Crippen molar-refractivity contribution in [2.75, 3.05) is 0 Å². The first-order chi connectivity index (χ1) is 12.5. The Labute approximate surface area is 152 Å². The summed E-state index contributed by atoms with van der Waals surface area (Å²) < 4.78 is 19.4. The number of ether oxygens (including phenoxy) is 1. The molecular weight excluding hydrogens is 327 g/mol. The van der Waals surface area contributed by atoms with Crippen molar-refractivity contribution >= 4 is 0 Å². The van der Waals surface area contributed by atoms with Crippen molar-refractivity contribution < 1.29 is 9.13 Å². The fourth-order valence-electron chi connectivity index (χ4n) is 3.47. The monoisotopic (exact) mass is 348 g/mol. The summed E-state index contributed by atoms with van der Waals surface area (Å²) in [6.07, 6.45) is 5.22. The van der Waals surface area contributed by atoms with E-state index in [1.54, 1.807) is 24.5 Å². The van der Waals surface area contributed by atoms with Crippen molar-refractivity contribution in [3.63, 3.8) is 0 Å². The van der Waals surface area contributed by atoms with Gasteiger partial charge in [-0.05, 0) is 60.7 Å². The molecule has 132 valence electrons. The Kier molecular flexibility index (Phi) is 4.21. The molecule has 1 aliphatic heterocycles. The van der Waals surface area contributed by atoms with Crippen molar-refractivity contribution in [1.29, 1.82) is 0 Å². The van der Waals surface area contributed by atoms with E-state index >= 15 is 0 Å². The zero-order valence-electron chi connectivity index (χ0n) is 14.7. The molecule has 4 heteroatoms. The van der Waals surface area contributed by atoms with Crippen LogP contribution in [0.15, 0.2) is 67.0 Å². The third-order valence-corrected chi connectivity index (χ3v) is 5.12. The third-order valence-electron chi connectivity index (χ3n) is 5.12. The predicted molar refractivity (Wildman–Crippen MR) is 100 cm³/mol. The number of pyridine rings is 1. The summed E-state index contributed by atoms with van der Waals surface area (Å²) in [5.74, 6) is 0.652. The molecule has 0 saturated carbocycles. The molecule has 2 atom stereocenters. The molecule has 2 aromatic carbocycles. The van der Waals surface area contributed by atoms with Gasteiger partial charge in [0.15, 0.2) is 0 Å². The minimum Gasteiger partial charge on any atom is -0.488 e. The third kappa shape index (κ3) is 3.08. The Morgan fingerprint density at radius 2 is 1.85 bits per heavy atom. The number of halogens is 1. The largest absolute Gasteiger partial charge is 0.488 e. The minimum atomic E-state index is -0.684. The van der Waals surface area contributed by atoms with Crippen molar-refractivity contribution in [2.45, 2.75) is 31.4 Å². The van der Waals surface area contributed by atoms with Crippen LogP contribution in [-0.2, 0) is 12.0 Å². The average Bonchev–Trinajstić information content (AvgIpc) is 2.68. The molecule has 3 aromatic rings. The lowest BCUT2D eigenvalue weighted by Gasteiger charge is -2.38. The summed E-state index contributed by atoms with van der Waals surface area (Å²) in [5, 5.41) is 0. The van der Waals surface area contributed by atoms with Crippen LogP contribution in [0.2, 0.25) is 0 Å². The smallest absolute Gasteiger partial charge is 0.123 e.